The molecule has 120 valence electrons. The largest absolute Gasteiger partial charge is 0.391 e. The lowest BCUT2D eigenvalue weighted by Crippen LogP contribution is -2.42. The molecule has 2 aliphatic rings. The lowest BCUT2D eigenvalue weighted by molar-refractivity contribution is 0.0833. The van der Waals surface area contributed by atoms with Crippen molar-refractivity contribution in [3.8, 4) is 0 Å². The van der Waals surface area contributed by atoms with Gasteiger partial charge in [-0.05, 0) is 30.4 Å². The van der Waals surface area contributed by atoms with Crippen molar-refractivity contribution >= 4 is 0 Å². The highest BCUT2D eigenvalue weighted by atomic mass is 16.3. The van der Waals surface area contributed by atoms with Crippen LogP contribution >= 0.6 is 0 Å². The van der Waals surface area contributed by atoms with Gasteiger partial charge in [0.05, 0.1) is 19.2 Å². The number of fused-ring (bicyclic) bond motifs is 3. The van der Waals surface area contributed by atoms with Gasteiger partial charge in [-0.15, -0.1) is 0 Å². The summed E-state index contributed by atoms with van der Waals surface area (Å²) in [5, 5.41) is 10.3. The van der Waals surface area contributed by atoms with Gasteiger partial charge in [-0.1, -0.05) is 36.4 Å². The van der Waals surface area contributed by atoms with Crippen molar-refractivity contribution in [2.75, 3.05) is 0 Å². The molecule has 2 heterocycles. The Morgan fingerprint density at radius 2 is 1.91 bits per heavy atom. The summed E-state index contributed by atoms with van der Waals surface area (Å²) >= 11 is 0. The maximum atomic E-state index is 12.8. The first-order valence-corrected chi connectivity index (χ1v) is 8.00. The number of rotatable bonds is 2. The molecule has 0 spiro atoms. The zero-order valence-corrected chi connectivity index (χ0v) is 12.8. The van der Waals surface area contributed by atoms with Crippen LogP contribution in [0.15, 0.2) is 51.6 Å². The van der Waals surface area contributed by atoms with E-state index in [0.29, 0.717) is 13.0 Å². The molecule has 23 heavy (non-hydrogen) atoms. The first-order chi connectivity index (χ1) is 11.2. The van der Waals surface area contributed by atoms with E-state index in [1.165, 1.54) is 13.9 Å². The summed E-state index contributed by atoms with van der Waals surface area (Å²) in [4.78, 5) is 25.4. The van der Waals surface area contributed by atoms with Crippen LogP contribution in [0.4, 0.5) is 0 Å². The normalized spacial score (nSPS) is 23.1. The van der Waals surface area contributed by atoms with E-state index in [1.54, 1.807) is 0 Å². The Labute approximate surface area is 132 Å². The minimum Gasteiger partial charge on any atom is -0.391 e. The van der Waals surface area contributed by atoms with Gasteiger partial charge in [-0.25, -0.2) is 23.5 Å². The number of aromatic nitrogens is 3. The van der Waals surface area contributed by atoms with Crippen LogP contribution in [0.3, 0.4) is 0 Å². The van der Waals surface area contributed by atoms with Gasteiger partial charge in [0.15, 0.2) is 0 Å². The average Bonchev–Trinajstić information content (AvgIpc) is 2.81. The summed E-state index contributed by atoms with van der Waals surface area (Å²) in [7, 11) is 0. The number of aliphatic hydroxyl groups is 1. The van der Waals surface area contributed by atoms with E-state index >= 15 is 0 Å². The van der Waals surface area contributed by atoms with Crippen molar-refractivity contribution in [3.63, 3.8) is 0 Å². The van der Waals surface area contributed by atoms with Crippen LogP contribution in [0, 0.1) is 0 Å². The predicted octanol–water partition coefficient (Wildman–Crippen LogP) is 0.886. The first-order valence-electron chi connectivity index (χ1n) is 8.00. The summed E-state index contributed by atoms with van der Waals surface area (Å²) in [6.07, 6.45) is 3.85. The highest BCUT2D eigenvalue weighted by Gasteiger charge is 2.35. The maximum Gasteiger partial charge on any atom is 0.348 e. The van der Waals surface area contributed by atoms with Crippen LogP contribution in [-0.4, -0.2) is 25.1 Å². The van der Waals surface area contributed by atoms with Crippen molar-refractivity contribution in [1.82, 2.24) is 13.9 Å². The molecule has 0 radical (unpaired) electrons. The Morgan fingerprint density at radius 3 is 2.70 bits per heavy atom. The smallest absolute Gasteiger partial charge is 0.348 e. The molecule has 2 atom stereocenters. The summed E-state index contributed by atoms with van der Waals surface area (Å²) in [6, 6.07) is 9.07. The molecule has 0 unspecified atom stereocenters. The van der Waals surface area contributed by atoms with Crippen LogP contribution in [0.25, 0.3) is 0 Å². The zero-order valence-electron chi connectivity index (χ0n) is 12.8. The fraction of sp³-hybridized carbons (Fsp3) is 0.412. The van der Waals surface area contributed by atoms with E-state index in [0.717, 1.165) is 24.0 Å². The van der Waals surface area contributed by atoms with Crippen molar-refractivity contribution in [1.29, 1.82) is 0 Å². The number of aliphatic hydroxyl groups excluding tert-OH is 1. The maximum absolute atomic E-state index is 12.8. The topological polar surface area (TPSA) is 69.2 Å². The van der Waals surface area contributed by atoms with Crippen molar-refractivity contribution < 1.29 is 5.11 Å². The molecule has 1 aliphatic heterocycles. The van der Waals surface area contributed by atoms with Gasteiger partial charge in [0.2, 0.25) is 0 Å². The molecule has 6 nitrogen and oxygen atoms in total. The highest BCUT2D eigenvalue weighted by Crippen LogP contribution is 2.34. The zero-order chi connectivity index (χ0) is 16.0. The Kier molecular flexibility index (Phi) is 3.34. The SMILES string of the molecule is O=c1n(Cc2ccccc2)c(=O)n2n1CC=C1CCC[C@@H](O)[C@@H]12. The molecule has 1 N–H and O–H groups in total. The molecule has 1 fully saturated rings. The molecule has 1 aromatic carbocycles. The molecule has 4 rings (SSSR count). The predicted molar refractivity (Wildman–Crippen MR) is 85.5 cm³/mol. The molecule has 0 bridgehead atoms. The molecule has 1 aromatic heterocycles. The van der Waals surface area contributed by atoms with E-state index in [4.69, 9.17) is 0 Å². The van der Waals surface area contributed by atoms with Gasteiger partial charge in [-0.2, -0.15) is 0 Å². The van der Waals surface area contributed by atoms with Crippen molar-refractivity contribution in [2.24, 2.45) is 0 Å². The van der Waals surface area contributed by atoms with Gasteiger partial charge in [0, 0.05) is 0 Å². The molecule has 6 heteroatoms. The number of hydrogen-bond donors (Lipinski definition) is 1. The molecule has 0 saturated heterocycles. The Morgan fingerprint density at radius 1 is 1.13 bits per heavy atom. The second kappa shape index (κ2) is 5.38. The number of nitrogens with zero attached hydrogens (tertiary/aromatic N) is 3. The van der Waals surface area contributed by atoms with Crippen LogP contribution in [0.2, 0.25) is 0 Å². The lowest BCUT2D eigenvalue weighted by atomic mass is 9.86. The van der Waals surface area contributed by atoms with Gasteiger partial charge in [-0.3, -0.25) is 0 Å². The van der Waals surface area contributed by atoms with E-state index < -0.39 is 12.1 Å². The summed E-state index contributed by atoms with van der Waals surface area (Å²) < 4.78 is 4.17. The second-order valence-corrected chi connectivity index (χ2v) is 6.25. The minimum atomic E-state index is -0.605. The highest BCUT2D eigenvalue weighted by molar-refractivity contribution is 5.18. The van der Waals surface area contributed by atoms with Crippen LogP contribution in [0.1, 0.15) is 30.9 Å². The lowest BCUT2D eigenvalue weighted by Gasteiger charge is -2.34. The second-order valence-electron chi connectivity index (χ2n) is 6.25. The third-order valence-corrected chi connectivity index (χ3v) is 4.82. The van der Waals surface area contributed by atoms with Gasteiger partial charge >= 0.3 is 11.4 Å². The number of benzene rings is 1. The monoisotopic (exact) mass is 313 g/mol. The standard InChI is InChI=1S/C17H19N3O3/c21-14-8-4-7-13-9-10-19-16(22)18(17(23)20(19)15(13)14)11-12-5-2-1-3-6-12/h1-3,5-6,9,14-15,21H,4,7-8,10-11H2/t14-,15-/m1/s1. The first kappa shape index (κ1) is 14.3. The summed E-state index contributed by atoms with van der Waals surface area (Å²) in [5.74, 6) is 0. The van der Waals surface area contributed by atoms with Crippen LogP contribution in [-0.2, 0) is 13.1 Å². The fourth-order valence-corrected chi connectivity index (χ4v) is 3.69. The average molecular weight is 313 g/mol. The van der Waals surface area contributed by atoms with E-state index in [9.17, 15) is 14.7 Å². The Bertz CT molecular complexity index is 873. The van der Waals surface area contributed by atoms with Gasteiger partial charge < -0.3 is 5.11 Å². The number of hydrogen-bond acceptors (Lipinski definition) is 3. The molecule has 1 saturated carbocycles. The van der Waals surface area contributed by atoms with Gasteiger partial charge in [0.25, 0.3) is 0 Å². The fourth-order valence-electron chi connectivity index (χ4n) is 3.69. The summed E-state index contributed by atoms with van der Waals surface area (Å²) in [5.41, 5.74) is 1.33. The van der Waals surface area contributed by atoms with E-state index in [1.807, 2.05) is 36.4 Å². The molecular weight excluding hydrogens is 294 g/mol. The van der Waals surface area contributed by atoms with Crippen LogP contribution in [0.5, 0.6) is 0 Å². The number of allylic oxidation sites excluding steroid dienone is 1. The molecule has 1 aliphatic carbocycles. The third kappa shape index (κ3) is 2.21. The van der Waals surface area contributed by atoms with Crippen LogP contribution < -0.4 is 11.4 Å². The van der Waals surface area contributed by atoms with E-state index in [-0.39, 0.29) is 17.9 Å². The summed E-state index contributed by atoms with van der Waals surface area (Å²) in [6.45, 7) is 0.651. The quantitative estimate of drug-likeness (QED) is 0.837. The molecular formula is C17H19N3O3. The molecule has 2 aromatic rings. The minimum absolute atomic E-state index is 0.254. The van der Waals surface area contributed by atoms with E-state index in [2.05, 4.69) is 0 Å². The van der Waals surface area contributed by atoms with Gasteiger partial charge in [0.1, 0.15) is 6.04 Å². The third-order valence-electron chi connectivity index (χ3n) is 4.82. The van der Waals surface area contributed by atoms with Crippen molar-refractivity contribution in [3.05, 3.63) is 68.5 Å². The Hall–Kier alpha value is -2.34. The Balaban J connectivity index is 1.81. The molecule has 0 amide bonds. The van der Waals surface area contributed by atoms with Crippen molar-refractivity contribution in [2.45, 2.75) is 44.5 Å².